The van der Waals surface area contributed by atoms with Crippen LogP contribution in [0, 0.1) is 5.82 Å². The average Bonchev–Trinajstić information content (AvgIpc) is 2.37. The SMILES string of the molecule is Fc1cc(Cl)ccc1NC(=S)Nc1cc(Cl)ccc1Cl. The van der Waals surface area contributed by atoms with E-state index in [1.807, 2.05) is 0 Å². The number of halogens is 4. The van der Waals surface area contributed by atoms with Crippen LogP contribution < -0.4 is 10.6 Å². The molecule has 0 unspecified atom stereocenters. The third-order valence-electron chi connectivity index (χ3n) is 2.36. The highest BCUT2D eigenvalue weighted by atomic mass is 35.5. The summed E-state index contributed by atoms with van der Waals surface area (Å²) >= 11 is 22.6. The van der Waals surface area contributed by atoms with Crippen LogP contribution in [-0.2, 0) is 0 Å². The van der Waals surface area contributed by atoms with E-state index < -0.39 is 5.82 Å². The van der Waals surface area contributed by atoms with Gasteiger partial charge in [0.2, 0.25) is 0 Å². The molecule has 2 aromatic carbocycles. The van der Waals surface area contributed by atoms with Gasteiger partial charge in [-0.15, -0.1) is 0 Å². The zero-order valence-electron chi connectivity index (χ0n) is 9.88. The van der Waals surface area contributed by atoms with Gasteiger partial charge in [-0.2, -0.15) is 0 Å². The largest absolute Gasteiger partial charge is 0.331 e. The Morgan fingerprint density at radius 3 is 2.20 bits per heavy atom. The molecule has 0 aliphatic heterocycles. The summed E-state index contributed by atoms with van der Waals surface area (Å²) in [7, 11) is 0. The molecule has 0 aromatic heterocycles. The first-order valence-electron chi connectivity index (χ1n) is 5.44. The van der Waals surface area contributed by atoms with Gasteiger partial charge in [0.1, 0.15) is 5.82 Å². The Morgan fingerprint density at radius 2 is 1.50 bits per heavy atom. The Balaban J connectivity index is 2.11. The smallest absolute Gasteiger partial charge is 0.175 e. The lowest BCUT2D eigenvalue weighted by Gasteiger charge is -2.12. The van der Waals surface area contributed by atoms with E-state index in [9.17, 15) is 4.39 Å². The van der Waals surface area contributed by atoms with Crippen LogP contribution in [-0.4, -0.2) is 5.11 Å². The van der Waals surface area contributed by atoms with Gasteiger partial charge in [-0.25, -0.2) is 4.39 Å². The summed E-state index contributed by atoms with van der Waals surface area (Å²) in [6.07, 6.45) is 0. The summed E-state index contributed by atoms with van der Waals surface area (Å²) in [5, 5.41) is 7.03. The van der Waals surface area contributed by atoms with E-state index >= 15 is 0 Å². The number of thiocarbonyl (C=S) groups is 1. The lowest BCUT2D eigenvalue weighted by molar-refractivity contribution is 0.632. The highest BCUT2D eigenvalue weighted by Gasteiger charge is 2.07. The van der Waals surface area contributed by atoms with Gasteiger partial charge in [-0.05, 0) is 48.6 Å². The molecule has 0 saturated carbocycles. The standard InChI is InChI=1S/C13H8Cl3FN2S/c14-7-2-4-11(10(17)5-7)18-13(20)19-12-6-8(15)1-3-9(12)16/h1-6H,(H2,18,19,20). The first kappa shape index (κ1) is 15.3. The molecule has 0 saturated heterocycles. The van der Waals surface area contributed by atoms with Crippen LogP contribution in [0.3, 0.4) is 0 Å². The number of anilines is 2. The molecule has 2 N–H and O–H groups in total. The highest BCUT2D eigenvalue weighted by molar-refractivity contribution is 7.80. The van der Waals surface area contributed by atoms with Crippen LogP contribution in [0.5, 0.6) is 0 Å². The Morgan fingerprint density at radius 1 is 0.900 bits per heavy atom. The number of rotatable bonds is 2. The van der Waals surface area contributed by atoms with Crippen molar-refractivity contribution in [3.63, 3.8) is 0 Å². The van der Waals surface area contributed by atoms with Gasteiger partial charge < -0.3 is 10.6 Å². The second-order valence-electron chi connectivity index (χ2n) is 3.83. The molecular weight excluding hydrogens is 342 g/mol. The number of hydrogen-bond donors (Lipinski definition) is 2. The van der Waals surface area contributed by atoms with Crippen molar-refractivity contribution in [2.24, 2.45) is 0 Å². The van der Waals surface area contributed by atoms with Gasteiger partial charge in [0, 0.05) is 10.0 Å². The summed E-state index contributed by atoms with van der Waals surface area (Å²) in [4.78, 5) is 0. The molecule has 0 atom stereocenters. The second kappa shape index (κ2) is 6.59. The van der Waals surface area contributed by atoms with Crippen LogP contribution in [0.15, 0.2) is 36.4 Å². The van der Waals surface area contributed by atoms with Crippen LogP contribution in [0.2, 0.25) is 15.1 Å². The quantitative estimate of drug-likeness (QED) is 0.691. The van der Waals surface area contributed by atoms with Gasteiger partial charge in [-0.3, -0.25) is 0 Å². The molecule has 0 fully saturated rings. The van der Waals surface area contributed by atoms with E-state index in [0.717, 1.165) is 0 Å². The maximum Gasteiger partial charge on any atom is 0.175 e. The molecule has 7 heteroatoms. The Hall–Kier alpha value is -1.07. The molecule has 0 aliphatic rings. The Bertz CT molecular complexity index is 664. The van der Waals surface area contributed by atoms with Crippen molar-refractivity contribution >= 4 is 63.5 Å². The van der Waals surface area contributed by atoms with Crippen LogP contribution in [0.4, 0.5) is 15.8 Å². The van der Waals surface area contributed by atoms with E-state index in [2.05, 4.69) is 10.6 Å². The van der Waals surface area contributed by atoms with Crippen LogP contribution >= 0.6 is 47.0 Å². The zero-order chi connectivity index (χ0) is 14.7. The summed E-state index contributed by atoms with van der Waals surface area (Å²) in [6.45, 7) is 0. The minimum atomic E-state index is -0.501. The third kappa shape index (κ3) is 3.96. The van der Waals surface area contributed by atoms with Crippen molar-refractivity contribution in [1.82, 2.24) is 0 Å². The first-order chi connectivity index (χ1) is 9.45. The third-order valence-corrected chi connectivity index (χ3v) is 3.36. The van der Waals surface area contributed by atoms with Gasteiger partial charge in [0.25, 0.3) is 0 Å². The minimum absolute atomic E-state index is 0.190. The fourth-order valence-electron chi connectivity index (χ4n) is 1.46. The molecule has 20 heavy (non-hydrogen) atoms. The normalized spacial score (nSPS) is 10.2. The summed E-state index contributed by atoms with van der Waals surface area (Å²) < 4.78 is 13.6. The molecule has 0 spiro atoms. The maximum atomic E-state index is 13.6. The van der Waals surface area contributed by atoms with Gasteiger partial charge in [0.15, 0.2) is 5.11 Å². The first-order valence-corrected chi connectivity index (χ1v) is 6.98. The zero-order valence-corrected chi connectivity index (χ0v) is 13.0. The van der Waals surface area contributed by atoms with Gasteiger partial charge in [0.05, 0.1) is 16.4 Å². The number of hydrogen-bond acceptors (Lipinski definition) is 1. The monoisotopic (exact) mass is 348 g/mol. The maximum absolute atomic E-state index is 13.6. The predicted molar refractivity (Wildman–Crippen MR) is 87.7 cm³/mol. The summed E-state index contributed by atoms with van der Waals surface area (Å²) in [6, 6.07) is 9.16. The minimum Gasteiger partial charge on any atom is -0.331 e. The van der Waals surface area contributed by atoms with Crippen molar-refractivity contribution in [1.29, 1.82) is 0 Å². The average molecular weight is 350 g/mol. The predicted octanol–water partition coefficient (Wildman–Crippen LogP) is 5.59. The summed E-state index contributed by atoms with van der Waals surface area (Å²) in [5.74, 6) is -0.501. The molecular formula is C13H8Cl3FN2S. The van der Waals surface area contributed by atoms with Gasteiger partial charge >= 0.3 is 0 Å². The Labute approximate surface area is 135 Å². The summed E-state index contributed by atoms with van der Waals surface area (Å²) in [5.41, 5.74) is 0.746. The molecule has 0 bridgehead atoms. The van der Waals surface area contributed by atoms with E-state index in [0.29, 0.717) is 20.8 Å². The molecule has 2 rings (SSSR count). The van der Waals surface area contributed by atoms with Crippen LogP contribution in [0.25, 0.3) is 0 Å². The molecule has 0 amide bonds. The van der Waals surface area contributed by atoms with Crippen molar-refractivity contribution in [3.05, 3.63) is 57.3 Å². The van der Waals surface area contributed by atoms with E-state index in [-0.39, 0.29) is 10.8 Å². The fourth-order valence-corrected chi connectivity index (χ4v) is 2.18. The molecule has 0 radical (unpaired) electrons. The lowest BCUT2D eigenvalue weighted by Crippen LogP contribution is -2.20. The van der Waals surface area contributed by atoms with Crippen molar-refractivity contribution in [2.75, 3.05) is 10.6 Å². The molecule has 2 aromatic rings. The molecule has 0 heterocycles. The van der Waals surface area contributed by atoms with Crippen molar-refractivity contribution in [2.45, 2.75) is 0 Å². The van der Waals surface area contributed by atoms with E-state index in [1.165, 1.54) is 12.1 Å². The topological polar surface area (TPSA) is 24.1 Å². The van der Waals surface area contributed by atoms with Crippen molar-refractivity contribution in [3.8, 4) is 0 Å². The molecule has 104 valence electrons. The van der Waals surface area contributed by atoms with E-state index in [4.69, 9.17) is 47.0 Å². The lowest BCUT2D eigenvalue weighted by atomic mass is 10.3. The molecule has 2 nitrogen and oxygen atoms in total. The highest BCUT2D eigenvalue weighted by Crippen LogP contribution is 2.26. The molecule has 0 aliphatic carbocycles. The second-order valence-corrected chi connectivity index (χ2v) is 5.52. The fraction of sp³-hybridized carbons (Fsp3) is 0. The Kier molecular flexibility index (Phi) is 5.05. The van der Waals surface area contributed by atoms with Crippen LogP contribution in [0.1, 0.15) is 0 Å². The van der Waals surface area contributed by atoms with E-state index in [1.54, 1.807) is 24.3 Å². The van der Waals surface area contributed by atoms with Crippen molar-refractivity contribution < 1.29 is 4.39 Å². The van der Waals surface area contributed by atoms with Gasteiger partial charge in [-0.1, -0.05) is 34.8 Å². The number of nitrogens with one attached hydrogen (secondary N) is 2. The number of benzene rings is 2.